The van der Waals surface area contributed by atoms with Gasteiger partial charge >= 0.3 is 5.97 Å². The van der Waals surface area contributed by atoms with Gasteiger partial charge in [0.15, 0.2) is 6.10 Å². The van der Waals surface area contributed by atoms with Crippen LogP contribution in [0.15, 0.2) is 18.2 Å². The fourth-order valence-electron chi connectivity index (χ4n) is 2.42. The first kappa shape index (κ1) is 18.0. The summed E-state index contributed by atoms with van der Waals surface area (Å²) >= 11 is 5.90. The molecule has 0 aliphatic rings. The number of H-pyrrole nitrogens is 1. The van der Waals surface area contributed by atoms with Crippen LogP contribution in [0.25, 0.3) is 0 Å². The maximum atomic E-state index is 13.1. The number of aryl methyl sites for hydroxylation is 1. The summed E-state index contributed by atoms with van der Waals surface area (Å²) in [6, 6.07) is 3.65. The zero-order valence-electron chi connectivity index (χ0n) is 13.7. The molecule has 1 aromatic carbocycles. The Labute approximate surface area is 143 Å². The van der Waals surface area contributed by atoms with Crippen LogP contribution in [0.3, 0.4) is 0 Å². The average Bonchev–Trinajstić information content (AvgIpc) is 2.83. The van der Waals surface area contributed by atoms with Crippen molar-refractivity contribution >= 4 is 23.4 Å². The number of carbonyl (C=O) groups excluding carboxylic acids is 2. The Morgan fingerprint density at radius 2 is 1.96 bits per heavy atom. The predicted molar refractivity (Wildman–Crippen MR) is 87.4 cm³/mol. The van der Waals surface area contributed by atoms with Gasteiger partial charge in [0.05, 0.1) is 23.4 Å². The van der Waals surface area contributed by atoms with Crippen molar-refractivity contribution < 1.29 is 23.5 Å². The minimum Gasteiger partial charge on any atom is -0.481 e. The monoisotopic (exact) mass is 353 g/mol. The average molecular weight is 354 g/mol. The topological polar surface area (TPSA) is 68.4 Å². The Hall–Kier alpha value is -2.34. The molecular weight excluding hydrogens is 337 g/mol. The zero-order valence-corrected chi connectivity index (χ0v) is 14.5. The lowest BCUT2D eigenvalue weighted by Crippen LogP contribution is -2.25. The molecule has 0 bridgehead atoms. The number of methoxy groups -OCH3 is 1. The molecule has 1 heterocycles. The van der Waals surface area contributed by atoms with Crippen molar-refractivity contribution in [2.45, 2.75) is 26.9 Å². The number of benzene rings is 1. The molecule has 2 aromatic rings. The van der Waals surface area contributed by atoms with Gasteiger partial charge in [0, 0.05) is 5.69 Å². The second-order valence-corrected chi connectivity index (χ2v) is 5.72. The first-order valence-corrected chi connectivity index (χ1v) is 7.57. The summed E-state index contributed by atoms with van der Waals surface area (Å²) in [7, 11) is 1.28. The SMILES string of the molecule is COC(=O)c1c(C)[nH]c(C(=O)[C@H](C)Oc2ccc(F)cc2Cl)c1C. The van der Waals surface area contributed by atoms with Crippen molar-refractivity contribution in [3.8, 4) is 5.75 Å². The molecule has 0 saturated heterocycles. The van der Waals surface area contributed by atoms with Crippen LogP contribution in [-0.2, 0) is 4.74 Å². The standard InChI is InChI=1S/C17H17ClFNO4/c1-8-14(17(22)23-4)9(2)20-15(8)16(21)10(3)24-13-6-5-11(19)7-12(13)18/h5-7,10,20H,1-4H3/t10-/m0/s1. The van der Waals surface area contributed by atoms with Crippen molar-refractivity contribution in [3.05, 3.63) is 51.6 Å². The van der Waals surface area contributed by atoms with E-state index in [1.165, 1.54) is 19.2 Å². The molecule has 0 spiro atoms. The van der Waals surface area contributed by atoms with Crippen molar-refractivity contribution in [1.82, 2.24) is 4.98 Å². The Bertz CT molecular complexity index is 800. The molecule has 128 valence electrons. The van der Waals surface area contributed by atoms with Gasteiger partial charge in [0.1, 0.15) is 11.6 Å². The van der Waals surface area contributed by atoms with E-state index in [4.69, 9.17) is 21.1 Å². The number of rotatable bonds is 5. The Morgan fingerprint density at radius 3 is 2.54 bits per heavy atom. The predicted octanol–water partition coefficient (Wildman–Crippen LogP) is 3.86. The van der Waals surface area contributed by atoms with Gasteiger partial charge in [-0.2, -0.15) is 0 Å². The number of ketones is 1. The molecular formula is C17H17ClFNO4. The Kier molecular flexibility index (Phi) is 5.29. The molecule has 7 heteroatoms. The van der Waals surface area contributed by atoms with Gasteiger partial charge in [0.2, 0.25) is 5.78 Å². The summed E-state index contributed by atoms with van der Waals surface area (Å²) in [4.78, 5) is 27.3. The Morgan fingerprint density at radius 1 is 1.29 bits per heavy atom. The number of carbonyl (C=O) groups is 2. The fourth-order valence-corrected chi connectivity index (χ4v) is 2.63. The maximum Gasteiger partial charge on any atom is 0.339 e. The highest BCUT2D eigenvalue weighted by atomic mass is 35.5. The van der Waals surface area contributed by atoms with Gasteiger partial charge in [-0.05, 0) is 44.5 Å². The van der Waals surface area contributed by atoms with E-state index in [1.54, 1.807) is 20.8 Å². The van der Waals surface area contributed by atoms with Gasteiger partial charge in [-0.25, -0.2) is 9.18 Å². The lowest BCUT2D eigenvalue weighted by molar-refractivity contribution is 0.0599. The molecule has 0 amide bonds. The van der Waals surface area contributed by atoms with E-state index in [1.807, 2.05) is 0 Å². The molecule has 0 unspecified atom stereocenters. The van der Waals surface area contributed by atoms with Crippen LogP contribution in [0.1, 0.15) is 39.0 Å². The maximum absolute atomic E-state index is 13.1. The third-order valence-corrected chi connectivity index (χ3v) is 3.94. The number of hydrogen-bond acceptors (Lipinski definition) is 4. The van der Waals surface area contributed by atoms with Crippen LogP contribution in [0.4, 0.5) is 4.39 Å². The number of Topliss-reactive ketones (excluding diaryl/α,β-unsaturated/α-hetero) is 1. The zero-order chi connectivity index (χ0) is 18.0. The number of esters is 1. The largest absolute Gasteiger partial charge is 0.481 e. The second-order valence-electron chi connectivity index (χ2n) is 5.32. The highest BCUT2D eigenvalue weighted by molar-refractivity contribution is 6.32. The first-order chi connectivity index (χ1) is 11.3. The summed E-state index contributed by atoms with van der Waals surface area (Å²) in [5, 5.41) is 0.0734. The quantitative estimate of drug-likeness (QED) is 0.654. The molecule has 0 fully saturated rings. The van der Waals surface area contributed by atoms with Crippen molar-refractivity contribution in [3.63, 3.8) is 0 Å². The smallest absolute Gasteiger partial charge is 0.339 e. The van der Waals surface area contributed by atoms with Crippen LogP contribution in [0.2, 0.25) is 5.02 Å². The molecule has 0 radical (unpaired) electrons. The van der Waals surface area contributed by atoms with E-state index < -0.39 is 17.9 Å². The molecule has 5 nitrogen and oxygen atoms in total. The van der Waals surface area contributed by atoms with Crippen LogP contribution < -0.4 is 4.74 Å². The fraction of sp³-hybridized carbons (Fsp3) is 0.294. The molecule has 0 saturated carbocycles. The van der Waals surface area contributed by atoms with Gasteiger partial charge in [0.25, 0.3) is 0 Å². The van der Waals surface area contributed by atoms with Crippen LogP contribution in [0.5, 0.6) is 5.75 Å². The summed E-state index contributed by atoms with van der Waals surface area (Å²) in [6.45, 7) is 4.88. The van der Waals surface area contributed by atoms with Gasteiger partial charge in [-0.15, -0.1) is 0 Å². The van der Waals surface area contributed by atoms with Gasteiger partial charge < -0.3 is 14.5 Å². The number of nitrogens with one attached hydrogen (secondary N) is 1. The van der Waals surface area contributed by atoms with Gasteiger partial charge in [-0.1, -0.05) is 11.6 Å². The number of ether oxygens (including phenoxy) is 2. The third-order valence-electron chi connectivity index (χ3n) is 3.64. The van der Waals surface area contributed by atoms with Gasteiger partial charge in [-0.3, -0.25) is 4.79 Å². The minimum atomic E-state index is -0.879. The molecule has 1 atom stereocenters. The summed E-state index contributed by atoms with van der Waals surface area (Å²) < 4.78 is 23.3. The summed E-state index contributed by atoms with van der Waals surface area (Å²) in [5.74, 6) is -1.17. The lowest BCUT2D eigenvalue weighted by Gasteiger charge is -2.14. The lowest BCUT2D eigenvalue weighted by atomic mass is 10.1. The van der Waals surface area contributed by atoms with Crippen molar-refractivity contribution in [2.75, 3.05) is 7.11 Å². The molecule has 2 rings (SSSR count). The highest BCUT2D eigenvalue weighted by Gasteiger charge is 2.26. The Balaban J connectivity index is 2.27. The van der Waals surface area contributed by atoms with E-state index >= 15 is 0 Å². The number of halogens is 2. The summed E-state index contributed by atoms with van der Waals surface area (Å²) in [5.41, 5.74) is 1.62. The van der Waals surface area contributed by atoms with E-state index in [9.17, 15) is 14.0 Å². The van der Waals surface area contributed by atoms with Crippen molar-refractivity contribution in [2.24, 2.45) is 0 Å². The normalized spacial score (nSPS) is 11.9. The first-order valence-electron chi connectivity index (χ1n) is 7.19. The second kappa shape index (κ2) is 7.05. The van der Waals surface area contributed by atoms with Crippen LogP contribution >= 0.6 is 11.6 Å². The van der Waals surface area contributed by atoms with E-state index in [0.29, 0.717) is 16.8 Å². The van der Waals surface area contributed by atoms with E-state index in [0.717, 1.165) is 6.07 Å². The number of hydrogen-bond donors (Lipinski definition) is 1. The van der Waals surface area contributed by atoms with E-state index in [-0.39, 0.29) is 22.2 Å². The number of aromatic amines is 1. The van der Waals surface area contributed by atoms with Crippen LogP contribution in [0, 0.1) is 19.7 Å². The minimum absolute atomic E-state index is 0.0734. The molecule has 1 N–H and O–H groups in total. The van der Waals surface area contributed by atoms with Crippen molar-refractivity contribution in [1.29, 1.82) is 0 Å². The molecule has 0 aliphatic heterocycles. The molecule has 1 aromatic heterocycles. The highest BCUT2D eigenvalue weighted by Crippen LogP contribution is 2.27. The molecule has 0 aliphatic carbocycles. The van der Waals surface area contributed by atoms with Crippen LogP contribution in [-0.4, -0.2) is 30.0 Å². The van der Waals surface area contributed by atoms with E-state index in [2.05, 4.69) is 4.98 Å². The molecule has 24 heavy (non-hydrogen) atoms. The third kappa shape index (κ3) is 3.43. The number of aromatic nitrogens is 1. The summed E-state index contributed by atoms with van der Waals surface area (Å²) in [6.07, 6.45) is -0.879.